The molecule has 216 valence electrons. The number of carbonyl (C=O) groups is 1. The van der Waals surface area contributed by atoms with E-state index in [1.54, 1.807) is 23.1 Å². The Morgan fingerprint density at radius 2 is 1.88 bits per heavy atom. The molecule has 1 unspecified atom stereocenters. The molecule has 0 saturated carbocycles. The number of carbonyl (C=O) groups excluding carboxylic acids is 1. The first-order chi connectivity index (χ1) is 18.9. The third-order valence-electron chi connectivity index (χ3n) is 7.00. The van der Waals surface area contributed by atoms with Gasteiger partial charge in [-0.2, -0.15) is 13.2 Å². The van der Waals surface area contributed by atoms with Crippen LogP contribution in [0.3, 0.4) is 0 Å². The molecule has 40 heavy (non-hydrogen) atoms. The molecule has 12 heteroatoms. The lowest BCUT2D eigenvalue weighted by molar-refractivity contribution is -0.143. The van der Waals surface area contributed by atoms with Gasteiger partial charge in [-0.15, -0.1) is 0 Å². The molecule has 1 atom stereocenters. The van der Waals surface area contributed by atoms with Gasteiger partial charge in [0.05, 0.1) is 23.2 Å². The summed E-state index contributed by atoms with van der Waals surface area (Å²) in [6, 6.07) is 5.81. The van der Waals surface area contributed by atoms with E-state index in [-0.39, 0.29) is 30.0 Å². The Hall–Kier alpha value is -3.43. The summed E-state index contributed by atoms with van der Waals surface area (Å²) in [7, 11) is -1.82. The number of ether oxygens (including phenoxy) is 1. The third-order valence-corrected chi connectivity index (χ3v) is 8.12. The Labute approximate surface area is 232 Å². The number of halogens is 3. The van der Waals surface area contributed by atoms with E-state index in [9.17, 15) is 26.4 Å². The summed E-state index contributed by atoms with van der Waals surface area (Å²) < 4.78 is 68.8. The average molecular weight is 579 g/mol. The van der Waals surface area contributed by atoms with Crippen molar-refractivity contribution in [2.75, 3.05) is 51.5 Å². The second kappa shape index (κ2) is 12.4. The number of anilines is 1. The average Bonchev–Trinajstić information content (AvgIpc) is 3.23. The first-order valence-corrected chi connectivity index (χ1v) is 14.9. The van der Waals surface area contributed by atoms with Crippen molar-refractivity contribution in [3.05, 3.63) is 59.5 Å². The zero-order valence-electron chi connectivity index (χ0n) is 22.4. The molecule has 0 bridgehead atoms. The summed E-state index contributed by atoms with van der Waals surface area (Å²) in [5.41, 5.74) is 2.51. The molecule has 0 radical (unpaired) electrons. The molecule has 1 aliphatic carbocycles. The molecule has 3 aliphatic rings. The van der Waals surface area contributed by atoms with Gasteiger partial charge in [0, 0.05) is 49.5 Å². The maximum atomic E-state index is 13.5. The van der Waals surface area contributed by atoms with Crippen LogP contribution in [0.5, 0.6) is 0 Å². The number of sulfone groups is 1. The molecule has 2 aliphatic heterocycles. The molecule has 1 amide bonds. The molecule has 8 nitrogen and oxygen atoms in total. The lowest BCUT2D eigenvalue weighted by Gasteiger charge is -2.35. The Kier molecular flexibility index (Phi) is 9.15. The highest BCUT2D eigenvalue weighted by atomic mass is 32.2. The van der Waals surface area contributed by atoms with E-state index in [1.165, 1.54) is 24.1 Å². The van der Waals surface area contributed by atoms with Crippen LogP contribution in [0.15, 0.2) is 64.4 Å². The number of piperidine rings is 1. The minimum atomic E-state index is -4.40. The molecule has 0 spiro atoms. The summed E-state index contributed by atoms with van der Waals surface area (Å²) in [6.07, 6.45) is 4.14. The second-order valence-corrected chi connectivity index (χ2v) is 12.0. The van der Waals surface area contributed by atoms with E-state index in [0.29, 0.717) is 30.9 Å². The van der Waals surface area contributed by atoms with E-state index in [1.807, 2.05) is 12.2 Å². The molecule has 1 aromatic rings. The molecule has 1 aromatic carbocycles. The number of benzene rings is 1. The highest BCUT2D eigenvalue weighted by Gasteiger charge is 2.40. The van der Waals surface area contributed by atoms with Gasteiger partial charge in [0.15, 0.2) is 9.84 Å². The maximum absolute atomic E-state index is 13.5. The predicted octanol–water partition coefficient (Wildman–Crippen LogP) is 3.08. The van der Waals surface area contributed by atoms with Gasteiger partial charge in [-0.3, -0.25) is 4.79 Å². The van der Waals surface area contributed by atoms with E-state index < -0.39 is 28.6 Å². The van der Waals surface area contributed by atoms with Crippen LogP contribution in [-0.2, 0) is 19.4 Å². The fourth-order valence-corrected chi connectivity index (χ4v) is 5.65. The summed E-state index contributed by atoms with van der Waals surface area (Å²) in [5, 5.41) is 6.54. The zero-order chi connectivity index (χ0) is 28.9. The number of fused-ring (bicyclic) bond motifs is 1. The number of nitrogens with one attached hydrogen (secondary N) is 2. The van der Waals surface area contributed by atoms with Crippen LogP contribution in [0.25, 0.3) is 0 Å². The fourth-order valence-electron chi connectivity index (χ4n) is 5.02. The topological polar surface area (TPSA) is 91.0 Å². The standard InChI is InChI=1S/C28H33F3N4O4S/c1-39-18-27(36)34-15-12-21(13-16-34)33-25-6-3-7-26-24(25)17-22(35(26)19-28(29,30)31)5-4-14-32-20-8-10-23(11-9-20)40(2,37)38/h3,6,8-11,17,21,26,32-33H,7,12-16,18-19H2,1-2H3. The SMILES string of the molecule is COCC(=O)N1CCC(NC2=C3C=C(C#CCNc4ccc(S(C)(=O)=O)cc4)N(CC(F)(F)F)C3CC=C2)CC1. The van der Waals surface area contributed by atoms with Crippen molar-refractivity contribution in [2.45, 2.75) is 42.4 Å². The van der Waals surface area contributed by atoms with Crippen molar-refractivity contribution >= 4 is 21.4 Å². The maximum Gasteiger partial charge on any atom is 0.405 e. The quantitative estimate of drug-likeness (QED) is 0.459. The monoisotopic (exact) mass is 578 g/mol. The van der Waals surface area contributed by atoms with Crippen molar-refractivity contribution < 1.29 is 31.1 Å². The van der Waals surface area contributed by atoms with Crippen molar-refractivity contribution in [1.82, 2.24) is 15.1 Å². The normalized spacial score (nSPS) is 19.6. The molecular formula is C28H33F3N4O4S. The van der Waals surface area contributed by atoms with Gasteiger partial charge < -0.3 is 25.2 Å². The highest BCUT2D eigenvalue weighted by molar-refractivity contribution is 7.90. The number of hydrogen-bond acceptors (Lipinski definition) is 7. The summed E-state index contributed by atoms with van der Waals surface area (Å²) in [6.45, 7) is 0.289. The largest absolute Gasteiger partial charge is 0.405 e. The van der Waals surface area contributed by atoms with Gasteiger partial charge in [0.2, 0.25) is 5.91 Å². The van der Waals surface area contributed by atoms with Crippen LogP contribution in [-0.4, -0.2) is 88.5 Å². The lowest BCUT2D eigenvalue weighted by Crippen LogP contribution is -2.46. The molecule has 4 rings (SSSR count). The highest BCUT2D eigenvalue weighted by Crippen LogP contribution is 2.36. The molecule has 1 fully saturated rings. The van der Waals surface area contributed by atoms with E-state index in [0.717, 1.165) is 30.4 Å². The van der Waals surface area contributed by atoms with Crippen LogP contribution in [0.1, 0.15) is 19.3 Å². The van der Waals surface area contributed by atoms with E-state index >= 15 is 0 Å². The van der Waals surface area contributed by atoms with Gasteiger partial charge in [0.25, 0.3) is 0 Å². The van der Waals surface area contributed by atoms with Gasteiger partial charge in [-0.1, -0.05) is 12.0 Å². The molecule has 2 N–H and O–H groups in total. The van der Waals surface area contributed by atoms with Crippen LogP contribution < -0.4 is 10.6 Å². The Bertz CT molecular complexity index is 1350. The third kappa shape index (κ3) is 7.61. The summed E-state index contributed by atoms with van der Waals surface area (Å²) >= 11 is 0. The number of methoxy groups -OCH3 is 1. The minimum absolute atomic E-state index is 0.0481. The number of rotatable bonds is 8. The molecule has 0 aromatic heterocycles. The molecule has 1 saturated heterocycles. The van der Waals surface area contributed by atoms with Crippen molar-refractivity contribution in [1.29, 1.82) is 0 Å². The fraction of sp³-hybridized carbons (Fsp3) is 0.464. The lowest BCUT2D eigenvalue weighted by atomic mass is 9.96. The number of alkyl halides is 3. The molecule has 2 heterocycles. The minimum Gasteiger partial charge on any atom is -0.382 e. The summed E-state index contributed by atoms with van der Waals surface area (Å²) in [4.78, 5) is 15.4. The van der Waals surface area contributed by atoms with E-state index in [4.69, 9.17) is 4.74 Å². The number of hydrogen-bond donors (Lipinski definition) is 2. The van der Waals surface area contributed by atoms with Gasteiger partial charge in [-0.05, 0) is 61.6 Å². The van der Waals surface area contributed by atoms with Crippen molar-refractivity contribution in [3.63, 3.8) is 0 Å². The molecular weight excluding hydrogens is 545 g/mol. The number of nitrogens with zero attached hydrogens (tertiary/aromatic N) is 2. The zero-order valence-corrected chi connectivity index (χ0v) is 23.2. The first-order valence-electron chi connectivity index (χ1n) is 13.0. The smallest absolute Gasteiger partial charge is 0.382 e. The van der Waals surface area contributed by atoms with E-state index in [2.05, 4.69) is 22.5 Å². The van der Waals surface area contributed by atoms with Crippen LogP contribution in [0.2, 0.25) is 0 Å². The number of amides is 1. The van der Waals surface area contributed by atoms with Gasteiger partial charge in [0.1, 0.15) is 13.2 Å². The number of allylic oxidation sites excluding steroid dienone is 2. The Morgan fingerprint density at radius 1 is 1.18 bits per heavy atom. The summed E-state index contributed by atoms with van der Waals surface area (Å²) in [5.74, 6) is 5.75. The van der Waals surface area contributed by atoms with Gasteiger partial charge >= 0.3 is 6.18 Å². The predicted molar refractivity (Wildman–Crippen MR) is 146 cm³/mol. The van der Waals surface area contributed by atoms with Gasteiger partial charge in [-0.25, -0.2) is 8.42 Å². The number of likely N-dealkylation sites (tertiary alicyclic amines) is 1. The Balaban J connectivity index is 1.46. The Morgan fingerprint density at radius 3 is 2.50 bits per heavy atom. The van der Waals surface area contributed by atoms with Crippen molar-refractivity contribution in [2.24, 2.45) is 0 Å². The second-order valence-electron chi connectivity index (χ2n) is 9.98. The van der Waals surface area contributed by atoms with Crippen LogP contribution >= 0.6 is 0 Å². The van der Waals surface area contributed by atoms with Crippen LogP contribution in [0, 0.1) is 11.8 Å². The van der Waals surface area contributed by atoms with Crippen LogP contribution in [0.4, 0.5) is 18.9 Å². The van der Waals surface area contributed by atoms with Crippen molar-refractivity contribution in [3.8, 4) is 11.8 Å². The first kappa shape index (κ1) is 29.6.